The van der Waals surface area contributed by atoms with Crippen molar-refractivity contribution in [3.05, 3.63) is 27.9 Å². The van der Waals surface area contributed by atoms with E-state index < -0.39 is 0 Å². The van der Waals surface area contributed by atoms with Crippen LogP contribution in [-0.2, 0) is 0 Å². The minimum Gasteiger partial charge on any atom is -0.348 e. The first-order valence-electron chi connectivity index (χ1n) is 7.03. The molecule has 0 aromatic carbocycles. The Hall–Kier alpha value is -1.20. The van der Waals surface area contributed by atoms with Crippen molar-refractivity contribution in [1.82, 2.24) is 10.3 Å². The second-order valence-electron chi connectivity index (χ2n) is 5.39. The van der Waals surface area contributed by atoms with Gasteiger partial charge in [-0.3, -0.25) is 4.79 Å². The number of nitrogens with zero attached hydrogens (tertiary/aromatic N) is 1. The predicted octanol–water partition coefficient (Wildman–Crippen LogP) is 4.18. The van der Waals surface area contributed by atoms with Gasteiger partial charge in [0.25, 0.3) is 5.91 Å². The van der Waals surface area contributed by atoms with Crippen molar-refractivity contribution >= 4 is 28.6 Å². The van der Waals surface area contributed by atoms with Gasteiger partial charge in [0.05, 0.1) is 0 Å². The molecular formula is C15H18N2OS2. The van der Waals surface area contributed by atoms with E-state index in [1.54, 1.807) is 11.3 Å². The SMILES string of the molecule is CC1CCCCC1NC(=O)c1csc(-c2ccsc2)n1. The first kappa shape index (κ1) is 13.8. The summed E-state index contributed by atoms with van der Waals surface area (Å²) >= 11 is 3.18. The lowest BCUT2D eigenvalue weighted by Crippen LogP contribution is -2.41. The molecule has 3 rings (SSSR count). The summed E-state index contributed by atoms with van der Waals surface area (Å²) in [5, 5.41) is 10.0. The molecule has 0 spiro atoms. The topological polar surface area (TPSA) is 42.0 Å². The van der Waals surface area contributed by atoms with E-state index in [9.17, 15) is 4.79 Å². The fraction of sp³-hybridized carbons (Fsp3) is 0.467. The molecule has 5 heteroatoms. The smallest absolute Gasteiger partial charge is 0.271 e. The maximum absolute atomic E-state index is 12.3. The van der Waals surface area contributed by atoms with E-state index in [4.69, 9.17) is 0 Å². The highest BCUT2D eigenvalue weighted by Crippen LogP contribution is 2.27. The highest BCUT2D eigenvalue weighted by Gasteiger charge is 2.24. The van der Waals surface area contributed by atoms with Crippen molar-refractivity contribution in [2.24, 2.45) is 5.92 Å². The average Bonchev–Trinajstić information content (AvgIpc) is 3.11. The van der Waals surface area contributed by atoms with E-state index in [1.807, 2.05) is 16.8 Å². The first-order chi connectivity index (χ1) is 9.74. The monoisotopic (exact) mass is 306 g/mol. The maximum atomic E-state index is 12.3. The number of thiophene rings is 1. The molecule has 1 fully saturated rings. The van der Waals surface area contributed by atoms with Gasteiger partial charge in [0.15, 0.2) is 0 Å². The summed E-state index contributed by atoms with van der Waals surface area (Å²) in [5.41, 5.74) is 1.65. The molecule has 1 aliphatic rings. The predicted molar refractivity (Wildman–Crippen MR) is 84.3 cm³/mol. The number of thiazole rings is 1. The van der Waals surface area contributed by atoms with Gasteiger partial charge in [-0.25, -0.2) is 4.98 Å². The highest BCUT2D eigenvalue weighted by atomic mass is 32.1. The summed E-state index contributed by atoms with van der Waals surface area (Å²) in [4.78, 5) is 16.7. The number of hydrogen-bond donors (Lipinski definition) is 1. The van der Waals surface area contributed by atoms with Gasteiger partial charge in [0, 0.05) is 22.4 Å². The zero-order valence-corrected chi connectivity index (χ0v) is 13.1. The molecule has 2 atom stereocenters. The van der Waals surface area contributed by atoms with Crippen LogP contribution in [0.15, 0.2) is 22.2 Å². The lowest BCUT2D eigenvalue weighted by molar-refractivity contribution is 0.0906. The number of aromatic nitrogens is 1. The molecule has 2 heterocycles. The van der Waals surface area contributed by atoms with Crippen molar-refractivity contribution in [3.63, 3.8) is 0 Å². The molecule has 0 saturated heterocycles. The molecule has 20 heavy (non-hydrogen) atoms. The van der Waals surface area contributed by atoms with Crippen LogP contribution in [-0.4, -0.2) is 16.9 Å². The Morgan fingerprint density at radius 3 is 2.95 bits per heavy atom. The lowest BCUT2D eigenvalue weighted by atomic mass is 9.86. The second-order valence-corrected chi connectivity index (χ2v) is 7.03. The zero-order chi connectivity index (χ0) is 13.9. The minimum atomic E-state index is -0.0264. The van der Waals surface area contributed by atoms with Gasteiger partial charge in [0.2, 0.25) is 0 Å². The third-order valence-electron chi connectivity index (χ3n) is 3.93. The number of rotatable bonds is 3. The molecule has 2 aromatic heterocycles. The average molecular weight is 306 g/mol. The van der Waals surface area contributed by atoms with Gasteiger partial charge in [-0.1, -0.05) is 19.8 Å². The fourth-order valence-corrected chi connectivity index (χ4v) is 4.18. The molecule has 0 aliphatic heterocycles. The van der Waals surface area contributed by atoms with Crippen LogP contribution in [0.5, 0.6) is 0 Å². The second kappa shape index (κ2) is 6.06. The number of amides is 1. The number of carbonyl (C=O) groups excluding carboxylic acids is 1. The lowest BCUT2D eigenvalue weighted by Gasteiger charge is -2.29. The van der Waals surface area contributed by atoms with Crippen LogP contribution in [0.1, 0.15) is 43.1 Å². The van der Waals surface area contributed by atoms with Gasteiger partial charge < -0.3 is 5.32 Å². The van der Waals surface area contributed by atoms with Gasteiger partial charge in [-0.05, 0) is 30.2 Å². The third kappa shape index (κ3) is 2.94. The quantitative estimate of drug-likeness (QED) is 0.924. The molecule has 0 radical (unpaired) electrons. The summed E-state index contributed by atoms with van der Waals surface area (Å²) in [6.07, 6.45) is 4.80. The Morgan fingerprint density at radius 2 is 2.20 bits per heavy atom. The molecule has 1 N–H and O–H groups in total. The third-order valence-corrected chi connectivity index (χ3v) is 5.51. The Balaban J connectivity index is 1.68. The fourth-order valence-electron chi connectivity index (χ4n) is 2.67. The zero-order valence-electron chi connectivity index (χ0n) is 11.5. The number of carbonyl (C=O) groups is 1. The van der Waals surface area contributed by atoms with Gasteiger partial charge in [-0.2, -0.15) is 11.3 Å². The van der Waals surface area contributed by atoms with E-state index in [2.05, 4.69) is 22.6 Å². The molecule has 2 aromatic rings. The van der Waals surface area contributed by atoms with Crippen LogP contribution < -0.4 is 5.32 Å². The minimum absolute atomic E-state index is 0.0264. The van der Waals surface area contributed by atoms with Crippen molar-refractivity contribution < 1.29 is 4.79 Å². The van der Waals surface area contributed by atoms with E-state index >= 15 is 0 Å². The summed E-state index contributed by atoms with van der Waals surface area (Å²) in [6.45, 7) is 2.22. The molecule has 2 unspecified atom stereocenters. The van der Waals surface area contributed by atoms with Crippen molar-refractivity contribution in [1.29, 1.82) is 0 Å². The molecule has 1 amide bonds. The molecule has 0 bridgehead atoms. The standard InChI is InChI=1S/C15H18N2OS2/c1-10-4-2-3-5-12(10)16-14(18)13-9-20-15(17-13)11-6-7-19-8-11/h6-10,12H,2-5H2,1H3,(H,16,18). The summed E-state index contributed by atoms with van der Waals surface area (Å²) in [6, 6.07) is 2.34. The molecule has 1 aliphatic carbocycles. The Morgan fingerprint density at radius 1 is 1.35 bits per heavy atom. The van der Waals surface area contributed by atoms with E-state index in [1.165, 1.54) is 30.6 Å². The summed E-state index contributed by atoms with van der Waals surface area (Å²) < 4.78 is 0. The largest absolute Gasteiger partial charge is 0.348 e. The Labute approximate surface area is 127 Å². The Bertz CT molecular complexity index is 576. The molecule has 1 saturated carbocycles. The van der Waals surface area contributed by atoms with Crippen LogP contribution in [0.3, 0.4) is 0 Å². The van der Waals surface area contributed by atoms with Crippen molar-refractivity contribution in [2.45, 2.75) is 38.6 Å². The van der Waals surface area contributed by atoms with Crippen molar-refractivity contribution in [3.8, 4) is 10.6 Å². The van der Waals surface area contributed by atoms with E-state index in [-0.39, 0.29) is 5.91 Å². The molecule has 3 nitrogen and oxygen atoms in total. The van der Waals surface area contributed by atoms with Crippen LogP contribution in [0.25, 0.3) is 10.6 Å². The van der Waals surface area contributed by atoms with Gasteiger partial charge in [0.1, 0.15) is 10.7 Å². The highest BCUT2D eigenvalue weighted by molar-refractivity contribution is 7.14. The normalized spacial score (nSPS) is 22.6. The van der Waals surface area contributed by atoms with Gasteiger partial charge >= 0.3 is 0 Å². The Kier molecular flexibility index (Phi) is 4.17. The van der Waals surface area contributed by atoms with E-state index in [0.29, 0.717) is 17.7 Å². The summed E-state index contributed by atoms with van der Waals surface area (Å²) in [7, 11) is 0. The number of hydrogen-bond acceptors (Lipinski definition) is 4. The number of nitrogens with one attached hydrogen (secondary N) is 1. The van der Waals surface area contributed by atoms with Crippen LogP contribution in [0, 0.1) is 5.92 Å². The first-order valence-corrected chi connectivity index (χ1v) is 8.85. The van der Waals surface area contributed by atoms with Crippen LogP contribution >= 0.6 is 22.7 Å². The molecule has 106 valence electrons. The maximum Gasteiger partial charge on any atom is 0.271 e. The summed E-state index contributed by atoms with van der Waals surface area (Å²) in [5.74, 6) is 0.546. The van der Waals surface area contributed by atoms with Crippen LogP contribution in [0.2, 0.25) is 0 Å². The van der Waals surface area contributed by atoms with E-state index in [0.717, 1.165) is 17.0 Å². The molecular weight excluding hydrogens is 288 g/mol. The van der Waals surface area contributed by atoms with Gasteiger partial charge in [-0.15, -0.1) is 11.3 Å². The van der Waals surface area contributed by atoms with Crippen molar-refractivity contribution in [2.75, 3.05) is 0 Å². The van der Waals surface area contributed by atoms with Crippen LogP contribution in [0.4, 0.5) is 0 Å².